The molecule has 0 unspecified atom stereocenters. The molecule has 0 radical (unpaired) electrons. The zero-order valence-corrected chi connectivity index (χ0v) is 12.6. The molecule has 0 aromatic heterocycles. The molecule has 0 amide bonds. The van der Waals surface area contributed by atoms with E-state index >= 15 is 0 Å². The molecule has 1 aromatic carbocycles. The third kappa shape index (κ3) is 3.11. The quantitative estimate of drug-likeness (QED) is 0.473. The van der Waals surface area contributed by atoms with Crippen LogP contribution in [0, 0.1) is 0 Å². The van der Waals surface area contributed by atoms with Crippen molar-refractivity contribution < 1.29 is 14.4 Å². The molecule has 0 heterocycles. The predicted octanol–water partition coefficient (Wildman–Crippen LogP) is 3.44. The number of hydrogen-bond donors (Lipinski definition) is 0. The zero-order chi connectivity index (χ0) is 14.7. The lowest BCUT2D eigenvalue weighted by molar-refractivity contribution is -0.111. The molecule has 1 aliphatic rings. The van der Waals surface area contributed by atoms with E-state index in [-0.39, 0.29) is 5.78 Å². The number of halogens is 1. The highest BCUT2D eigenvalue weighted by atomic mass is 79.9. The van der Waals surface area contributed by atoms with Crippen LogP contribution in [0.5, 0.6) is 0 Å². The second-order valence-electron chi connectivity index (χ2n) is 4.31. The molecule has 4 nitrogen and oxygen atoms in total. The Hall–Kier alpha value is -2.01. The van der Waals surface area contributed by atoms with Gasteiger partial charge >= 0.3 is 5.97 Å². The normalized spacial score (nSPS) is 16.8. The minimum Gasteiger partial charge on any atom is -0.312 e. The average molecular weight is 334 g/mol. The van der Waals surface area contributed by atoms with Gasteiger partial charge in [-0.15, -0.1) is 0 Å². The van der Waals surface area contributed by atoms with Gasteiger partial charge in [0.05, 0.1) is 5.56 Å². The van der Waals surface area contributed by atoms with E-state index in [2.05, 4.69) is 21.1 Å². The maximum absolute atomic E-state index is 11.8. The molecular formula is C15H12BrNO3. The van der Waals surface area contributed by atoms with Crippen molar-refractivity contribution in [3.63, 3.8) is 0 Å². The fourth-order valence-corrected chi connectivity index (χ4v) is 1.87. The molecule has 0 aliphatic heterocycles. The van der Waals surface area contributed by atoms with Gasteiger partial charge in [-0.1, -0.05) is 21.1 Å². The number of carbonyl (C=O) groups excluding carboxylic acids is 2. The number of carbonyl (C=O) groups is 2. The number of rotatable bonds is 2. The number of hydrogen-bond acceptors (Lipinski definition) is 4. The van der Waals surface area contributed by atoms with E-state index in [1.54, 1.807) is 44.2 Å². The average Bonchev–Trinajstić information content (AvgIpc) is 2.44. The lowest BCUT2D eigenvalue weighted by atomic mass is 9.97. The SMILES string of the molecule is CC1=C(C)/C(=N/OC(=O)c2ccc(Br)cc2)C=CC1=O. The predicted molar refractivity (Wildman–Crippen MR) is 79.5 cm³/mol. The molecule has 2 rings (SSSR count). The Balaban J connectivity index is 2.14. The van der Waals surface area contributed by atoms with Crippen molar-refractivity contribution >= 4 is 33.4 Å². The molecule has 0 saturated carbocycles. The number of oxime groups is 1. The van der Waals surface area contributed by atoms with Gasteiger partial charge in [0.2, 0.25) is 0 Å². The van der Waals surface area contributed by atoms with Crippen molar-refractivity contribution in [2.24, 2.45) is 5.16 Å². The van der Waals surface area contributed by atoms with E-state index in [0.29, 0.717) is 22.4 Å². The fourth-order valence-electron chi connectivity index (χ4n) is 1.61. The third-order valence-corrected chi connectivity index (χ3v) is 3.54. The number of allylic oxidation sites excluding steroid dienone is 4. The Kier molecular flexibility index (Phi) is 4.29. The summed E-state index contributed by atoms with van der Waals surface area (Å²) in [5.41, 5.74) is 2.20. The van der Waals surface area contributed by atoms with Crippen LogP contribution in [0.15, 0.2) is 57.2 Å². The molecule has 0 saturated heterocycles. The van der Waals surface area contributed by atoms with Gasteiger partial charge in [-0.2, -0.15) is 0 Å². The highest BCUT2D eigenvalue weighted by Gasteiger charge is 2.15. The third-order valence-electron chi connectivity index (χ3n) is 3.02. The lowest BCUT2D eigenvalue weighted by Gasteiger charge is -2.09. The van der Waals surface area contributed by atoms with Crippen LogP contribution in [-0.2, 0) is 9.63 Å². The smallest absolute Gasteiger partial charge is 0.312 e. The molecular weight excluding hydrogens is 322 g/mol. The summed E-state index contributed by atoms with van der Waals surface area (Å²) in [4.78, 5) is 28.1. The van der Waals surface area contributed by atoms with Crippen LogP contribution >= 0.6 is 15.9 Å². The zero-order valence-electron chi connectivity index (χ0n) is 11.0. The van der Waals surface area contributed by atoms with Crippen LogP contribution in [0.1, 0.15) is 24.2 Å². The number of ketones is 1. The van der Waals surface area contributed by atoms with Crippen LogP contribution in [0.4, 0.5) is 0 Å². The maximum Gasteiger partial charge on any atom is 0.365 e. The van der Waals surface area contributed by atoms with Gasteiger partial charge in [0.15, 0.2) is 5.78 Å². The molecule has 0 atom stereocenters. The molecule has 0 bridgehead atoms. The Bertz CT molecular complexity index is 654. The molecule has 0 spiro atoms. The van der Waals surface area contributed by atoms with Crippen LogP contribution in [0.2, 0.25) is 0 Å². The Morgan fingerprint density at radius 2 is 1.75 bits per heavy atom. The number of nitrogens with zero attached hydrogens (tertiary/aromatic N) is 1. The topological polar surface area (TPSA) is 55.7 Å². The van der Waals surface area contributed by atoms with Crippen molar-refractivity contribution in [3.8, 4) is 0 Å². The first kappa shape index (κ1) is 14.4. The maximum atomic E-state index is 11.8. The van der Waals surface area contributed by atoms with Crippen molar-refractivity contribution in [1.82, 2.24) is 0 Å². The summed E-state index contributed by atoms with van der Waals surface area (Å²) in [7, 11) is 0. The monoisotopic (exact) mass is 333 g/mol. The van der Waals surface area contributed by atoms with Crippen LogP contribution in [0.3, 0.4) is 0 Å². The van der Waals surface area contributed by atoms with Gasteiger partial charge < -0.3 is 4.84 Å². The first-order chi connectivity index (χ1) is 9.49. The largest absolute Gasteiger partial charge is 0.365 e. The second-order valence-corrected chi connectivity index (χ2v) is 5.23. The molecule has 1 aromatic rings. The Morgan fingerprint density at radius 3 is 2.40 bits per heavy atom. The van der Waals surface area contributed by atoms with E-state index in [1.165, 1.54) is 6.08 Å². The minimum atomic E-state index is -0.541. The molecule has 5 heteroatoms. The highest BCUT2D eigenvalue weighted by molar-refractivity contribution is 9.10. The van der Waals surface area contributed by atoms with Crippen molar-refractivity contribution in [2.45, 2.75) is 13.8 Å². The van der Waals surface area contributed by atoms with Crippen LogP contribution in [-0.4, -0.2) is 17.5 Å². The van der Waals surface area contributed by atoms with E-state index < -0.39 is 5.97 Å². The van der Waals surface area contributed by atoms with Crippen LogP contribution < -0.4 is 0 Å². The van der Waals surface area contributed by atoms with E-state index in [9.17, 15) is 9.59 Å². The van der Waals surface area contributed by atoms with Crippen molar-refractivity contribution in [3.05, 3.63) is 57.6 Å². The summed E-state index contributed by atoms with van der Waals surface area (Å²) in [6, 6.07) is 6.78. The fraction of sp³-hybridized carbons (Fsp3) is 0.133. The van der Waals surface area contributed by atoms with Gasteiger partial charge in [0.25, 0.3) is 0 Å². The Morgan fingerprint density at radius 1 is 1.10 bits per heavy atom. The second kappa shape index (κ2) is 5.96. The van der Waals surface area contributed by atoms with Gasteiger partial charge in [0, 0.05) is 10.0 Å². The lowest BCUT2D eigenvalue weighted by Crippen LogP contribution is -2.12. The molecule has 1 aliphatic carbocycles. The van der Waals surface area contributed by atoms with Gasteiger partial charge in [-0.25, -0.2) is 4.79 Å². The standard InChI is InChI=1S/C15H12BrNO3/c1-9-10(2)14(18)8-7-13(9)17-20-15(19)11-3-5-12(16)6-4-11/h3-8H,1-2H3/b17-13+. The molecule has 0 N–H and O–H groups in total. The summed E-state index contributed by atoms with van der Waals surface area (Å²) in [5.74, 6) is -0.596. The van der Waals surface area contributed by atoms with Gasteiger partial charge in [-0.3, -0.25) is 4.79 Å². The molecule has 20 heavy (non-hydrogen) atoms. The molecule has 0 fully saturated rings. The molecule has 102 valence electrons. The van der Waals surface area contributed by atoms with E-state index in [4.69, 9.17) is 4.84 Å². The minimum absolute atomic E-state index is 0.0549. The summed E-state index contributed by atoms with van der Waals surface area (Å²) >= 11 is 3.29. The summed E-state index contributed by atoms with van der Waals surface area (Å²) < 4.78 is 0.878. The van der Waals surface area contributed by atoms with Gasteiger partial charge in [-0.05, 0) is 55.8 Å². The van der Waals surface area contributed by atoms with Gasteiger partial charge in [0.1, 0.15) is 5.71 Å². The van der Waals surface area contributed by atoms with E-state index in [0.717, 1.165) is 4.47 Å². The first-order valence-electron chi connectivity index (χ1n) is 5.94. The van der Waals surface area contributed by atoms with Crippen molar-refractivity contribution in [2.75, 3.05) is 0 Å². The highest BCUT2D eigenvalue weighted by Crippen LogP contribution is 2.15. The summed E-state index contributed by atoms with van der Waals surface area (Å²) in [6.07, 6.45) is 2.95. The van der Waals surface area contributed by atoms with Crippen LogP contribution in [0.25, 0.3) is 0 Å². The Labute approximate surface area is 124 Å². The first-order valence-corrected chi connectivity index (χ1v) is 6.73. The van der Waals surface area contributed by atoms with Crippen molar-refractivity contribution in [1.29, 1.82) is 0 Å². The summed E-state index contributed by atoms with van der Waals surface area (Å²) in [6.45, 7) is 3.48. The number of benzene rings is 1. The summed E-state index contributed by atoms with van der Waals surface area (Å²) in [5, 5.41) is 3.81. The van der Waals surface area contributed by atoms with E-state index in [1.807, 2.05) is 0 Å².